The number of nitrogens with one attached hydrogen (secondary N) is 1. The Bertz CT molecular complexity index is 163. The van der Waals surface area contributed by atoms with E-state index in [4.69, 9.17) is 0 Å². The van der Waals surface area contributed by atoms with E-state index in [1.807, 2.05) is 0 Å². The number of hydrogen-bond donors (Lipinski definition) is 1. The second-order valence-corrected chi connectivity index (χ2v) is 3.40. The lowest BCUT2D eigenvalue weighted by Gasteiger charge is -2.01. The normalized spacial score (nSPS) is 37.5. The van der Waals surface area contributed by atoms with Crippen molar-refractivity contribution in [2.45, 2.75) is 32.2 Å². The molecule has 1 heterocycles. The van der Waals surface area contributed by atoms with Gasteiger partial charge in [-0.2, -0.15) is 0 Å². The summed E-state index contributed by atoms with van der Waals surface area (Å²) in [6.07, 6.45) is 3.78. The van der Waals surface area contributed by atoms with Crippen molar-refractivity contribution in [3.63, 3.8) is 0 Å². The lowest BCUT2D eigenvalue weighted by molar-refractivity contribution is 0.803. The van der Waals surface area contributed by atoms with Gasteiger partial charge < -0.3 is 5.32 Å². The monoisotopic (exact) mass is 138 g/mol. The minimum Gasteiger partial charge on any atom is -0.371 e. The van der Waals surface area contributed by atoms with Crippen molar-refractivity contribution < 1.29 is 0 Å². The zero-order valence-electron chi connectivity index (χ0n) is 6.43. The van der Waals surface area contributed by atoms with Crippen LogP contribution in [0.4, 0.5) is 0 Å². The first kappa shape index (κ1) is 6.20. The summed E-state index contributed by atoms with van der Waals surface area (Å²) in [6.45, 7) is 3.33. The number of hydrogen-bond acceptors (Lipinski definition) is 2. The van der Waals surface area contributed by atoms with Crippen LogP contribution in [-0.2, 0) is 0 Å². The van der Waals surface area contributed by atoms with Crippen molar-refractivity contribution in [1.29, 1.82) is 0 Å². The maximum Gasteiger partial charge on any atom is 0.0965 e. The summed E-state index contributed by atoms with van der Waals surface area (Å²) in [5, 5.41) is 3.45. The zero-order valence-corrected chi connectivity index (χ0v) is 6.43. The molecule has 0 aromatic rings. The first-order chi connectivity index (χ1) is 4.86. The lowest BCUT2D eigenvalue weighted by atomic mass is 10.3. The molecule has 2 atom stereocenters. The van der Waals surface area contributed by atoms with E-state index < -0.39 is 0 Å². The van der Waals surface area contributed by atoms with E-state index in [2.05, 4.69) is 17.2 Å². The SMILES string of the molecule is CC1CC1NC1=NCCC1. The van der Waals surface area contributed by atoms with E-state index >= 15 is 0 Å². The molecular formula is C8H14N2. The second-order valence-electron chi connectivity index (χ2n) is 3.40. The van der Waals surface area contributed by atoms with Gasteiger partial charge in [0.05, 0.1) is 5.84 Å². The molecule has 2 rings (SSSR count). The number of aliphatic imine (C=N–C) groups is 1. The van der Waals surface area contributed by atoms with Crippen LogP contribution in [0.1, 0.15) is 26.2 Å². The van der Waals surface area contributed by atoms with Crippen LogP contribution < -0.4 is 5.32 Å². The summed E-state index contributed by atoms with van der Waals surface area (Å²) in [7, 11) is 0. The van der Waals surface area contributed by atoms with E-state index in [1.165, 1.54) is 25.1 Å². The standard InChI is InChI=1S/C8H14N2/c1-6-5-7(6)10-8-3-2-4-9-8/h6-7H,2-5H2,1H3,(H,9,10). The molecule has 1 saturated carbocycles. The Hall–Kier alpha value is -0.530. The van der Waals surface area contributed by atoms with Gasteiger partial charge in [-0.25, -0.2) is 0 Å². The van der Waals surface area contributed by atoms with Gasteiger partial charge in [0.25, 0.3) is 0 Å². The summed E-state index contributed by atoms with van der Waals surface area (Å²) in [5.74, 6) is 2.15. The minimum atomic E-state index is 0.761. The van der Waals surface area contributed by atoms with Gasteiger partial charge in [-0.3, -0.25) is 4.99 Å². The maximum atomic E-state index is 4.36. The highest BCUT2D eigenvalue weighted by atomic mass is 15.1. The highest BCUT2D eigenvalue weighted by molar-refractivity contribution is 5.84. The Morgan fingerprint density at radius 3 is 2.90 bits per heavy atom. The van der Waals surface area contributed by atoms with Gasteiger partial charge in [-0.05, 0) is 18.8 Å². The molecule has 1 aliphatic heterocycles. The molecule has 0 spiro atoms. The third-order valence-electron chi connectivity index (χ3n) is 2.34. The molecule has 56 valence electrons. The molecule has 0 aromatic carbocycles. The van der Waals surface area contributed by atoms with Gasteiger partial charge >= 0.3 is 0 Å². The van der Waals surface area contributed by atoms with E-state index in [-0.39, 0.29) is 0 Å². The number of nitrogens with zero attached hydrogens (tertiary/aromatic N) is 1. The minimum absolute atomic E-state index is 0.761. The topological polar surface area (TPSA) is 24.4 Å². The fourth-order valence-electron chi connectivity index (χ4n) is 1.39. The van der Waals surface area contributed by atoms with Crippen molar-refractivity contribution in [1.82, 2.24) is 5.32 Å². The fourth-order valence-corrected chi connectivity index (χ4v) is 1.39. The zero-order chi connectivity index (χ0) is 6.97. The molecule has 1 N–H and O–H groups in total. The molecule has 10 heavy (non-hydrogen) atoms. The molecule has 2 heteroatoms. The highest BCUT2D eigenvalue weighted by Crippen LogP contribution is 2.29. The van der Waals surface area contributed by atoms with Crippen LogP contribution in [0.5, 0.6) is 0 Å². The summed E-state index contributed by atoms with van der Waals surface area (Å²) in [4.78, 5) is 4.36. The third kappa shape index (κ3) is 1.15. The Morgan fingerprint density at radius 2 is 2.40 bits per heavy atom. The van der Waals surface area contributed by atoms with Gasteiger partial charge in [0.15, 0.2) is 0 Å². The molecule has 1 fully saturated rings. The lowest BCUT2D eigenvalue weighted by Crippen LogP contribution is -2.24. The van der Waals surface area contributed by atoms with Crippen molar-refractivity contribution >= 4 is 5.84 Å². The van der Waals surface area contributed by atoms with Gasteiger partial charge in [0.2, 0.25) is 0 Å². The smallest absolute Gasteiger partial charge is 0.0965 e. The number of amidine groups is 1. The second kappa shape index (κ2) is 2.26. The molecule has 0 saturated heterocycles. The molecule has 0 bridgehead atoms. The predicted octanol–water partition coefficient (Wildman–Crippen LogP) is 1.18. The third-order valence-corrected chi connectivity index (χ3v) is 2.34. The first-order valence-corrected chi connectivity index (χ1v) is 4.16. The van der Waals surface area contributed by atoms with Gasteiger partial charge in [0.1, 0.15) is 0 Å². The van der Waals surface area contributed by atoms with Crippen LogP contribution in [0.25, 0.3) is 0 Å². The molecule has 2 unspecified atom stereocenters. The van der Waals surface area contributed by atoms with Crippen molar-refractivity contribution in [3.05, 3.63) is 0 Å². The van der Waals surface area contributed by atoms with Crippen molar-refractivity contribution in [2.24, 2.45) is 10.9 Å². The predicted molar refractivity (Wildman–Crippen MR) is 42.2 cm³/mol. The van der Waals surface area contributed by atoms with E-state index in [0.29, 0.717) is 0 Å². The van der Waals surface area contributed by atoms with Gasteiger partial charge in [-0.1, -0.05) is 6.92 Å². The van der Waals surface area contributed by atoms with Crippen LogP contribution in [0.3, 0.4) is 0 Å². The largest absolute Gasteiger partial charge is 0.371 e. The molecule has 1 aliphatic carbocycles. The van der Waals surface area contributed by atoms with Crippen molar-refractivity contribution in [2.75, 3.05) is 6.54 Å². The summed E-state index contributed by atoms with van der Waals surface area (Å²) in [6, 6.07) is 0.761. The van der Waals surface area contributed by atoms with Crippen LogP contribution in [0.15, 0.2) is 4.99 Å². The summed E-state index contributed by atoms with van der Waals surface area (Å²) in [5.41, 5.74) is 0. The van der Waals surface area contributed by atoms with E-state index in [9.17, 15) is 0 Å². The molecule has 0 radical (unpaired) electrons. The van der Waals surface area contributed by atoms with Gasteiger partial charge in [0, 0.05) is 19.0 Å². The summed E-state index contributed by atoms with van der Waals surface area (Å²) >= 11 is 0. The van der Waals surface area contributed by atoms with Crippen LogP contribution in [0, 0.1) is 5.92 Å². The van der Waals surface area contributed by atoms with Crippen molar-refractivity contribution in [3.8, 4) is 0 Å². The Balaban J connectivity index is 1.80. The highest BCUT2D eigenvalue weighted by Gasteiger charge is 2.33. The average molecular weight is 138 g/mol. The quantitative estimate of drug-likeness (QED) is 0.578. The van der Waals surface area contributed by atoms with Crippen LogP contribution in [0.2, 0.25) is 0 Å². The molecule has 0 aromatic heterocycles. The van der Waals surface area contributed by atoms with Crippen LogP contribution >= 0.6 is 0 Å². The summed E-state index contributed by atoms with van der Waals surface area (Å²) < 4.78 is 0. The average Bonchev–Trinajstić information content (AvgIpc) is 2.48. The van der Waals surface area contributed by atoms with Gasteiger partial charge in [-0.15, -0.1) is 0 Å². The van der Waals surface area contributed by atoms with E-state index in [0.717, 1.165) is 18.5 Å². The van der Waals surface area contributed by atoms with E-state index in [1.54, 1.807) is 0 Å². The fraction of sp³-hybridized carbons (Fsp3) is 0.875. The maximum absolute atomic E-state index is 4.36. The Labute approximate surface area is 61.7 Å². The van der Waals surface area contributed by atoms with Crippen LogP contribution in [-0.4, -0.2) is 18.4 Å². The number of rotatable bonds is 1. The Kier molecular flexibility index (Phi) is 1.40. The molecule has 2 aliphatic rings. The molecule has 2 nitrogen and oxygen atoms in total. The Morgan fingerprint density at radius 1 is 1.60 bits per heavy atom. The first-order valence-electron chi connectivity index (χ1n) is 4.16. The molecular weight excluding hydrogens is 124 g/mol. The molecule has 0 amide bonds.